The fourth-order valence-electron chi connectivity index (χ4n) is 0.958. The maximum Gasteiger partial charge on any atom is 0.0165 e. The molecule has 0 heterocycles. The molecule has 0 aliphatic carbocycles. The average molecular weight is 159 g/mol. The Morgan fingerprint density at radius 2 is 2.18 bits per heavy atom. The molecule has 0 radical (unpaired) electrons. The van der Waals surface area contributed by atoms with Gasteiger partial charge in [-0.25, -0.2) is 0 Å². The van der Waals surface area contributed by atoms with Crippen molar-refractivity contribution < 1.29 is 0 Å². The molecule has 0 fully saturated rings. The summed E-state index contributed by atoms with van der Waals surface area (Å²) in [6.07, 6.45) is 3.57. The average Bonchev–Trinajstić information content (AvgIpc) is 2.01. The Morgan fingerprint density at radius 1 is 1.45 bits per heavy atom. The molecule has 0 amide bonds. The topological polar surface area (TPSA) is 64.1 Å². The van der Waals surface area contributed by atoms with Gasteiger partial charge in [-0.3, -0.25) is 0 Å². The summed E-state index contributed by atoms with van der Waals surface area (Å²) in [4.78, 5) is 0. The predicted molar refractivity (Wildman–Crippen MR) is 49.4 cm³/mol. The quantitative estimate of drug-likeness (QED) is 0.460. The molecule has 0 spiro atoms. The van der Waals surface area contributed by atoms with Crippen LogP contribution in [0.25, 0.3) is 0 Å². The van der Waals surface area contributed by atoms with Gasteiger partial charge in [-0.05, 0) is 6.42 Å². The summed E-state index contributed by atoms with van der Waals surface area (Å²) in [6, 6.07) is 0.307. The van der Waals surface area contributed by atoms with Gasteiger partial charge in [-0.2, -0.15) is 0 Å². The summed E-state index contributed by atoms with van der Waals surface area (Å²) in [5.41, 5.74) is 11.1. The van der Waals surface area contributed by atoms with Crippen LogP contribution in [0.3, 0.4) is 0 Å². The molecule has 3 nitrogen and oxygen atoms in total. The molecule has 0 bridgehead atoms. The summed E-state index contributed by atoms with van der Waals surface area (Å²) in [5, 5.41) is 3.19. The van der Waals surface area contributed by atoms with Crippen molar-refractivity contribution in [3.63, 3.8) is 0 Å². The second-order valence-corrected chi connectivity index (χ2v) is 2.90. The molecule has 0 aromatic heterocycles. The first-order chi connectivity index (χ1) is 5.31. The third-order valence-electron chi connectivity index (χ3n) is 1.66. The van der Waals surface area contributed by atoms with Gasteiger partial charge < -0.3 is 16.8 Å². The molecule has 1 unspecified atom stereocenters. The van der Waals surface area contributed by atoms with Crippen molar-refractivity contribution in [1.82, 2.24) is 5.32 Å². The van der Waals surface area contributed by atoms with Gasteiger partial charge in [0, 0.05) is 25.7 Å². The van der Waals surface area contributed by atoms with E-state index in [-0.39, 0.29) is 0 Å². The van der Waals surface area contributed by atoms with Gasteiger partial charge in [-0.1, -0.05) is 19.8 Å². The van der Waals surface area contributed by atoms with E-state index in [4.69, 9.17) is 11.5 Å². The van der Waals surface area contributed by atoms with E-state index in [9.17, 15) is 0 Å². The smallest absolute Gasteiger partial charge is 0.0165 e. The highest BCUT2D eigenvalue weighted by Gasteiger charge is 1.99. The molecule has 3 heteroatoms. The molecule has 0 aliphatic rings. The summed E-state index contributed by atoms with van der Waals surface area (Å²) < 4.78 is 0. The minimum Gasteiger partial charge on any atom is -0.329 e. The van der Waals surface area contributed by atoms with E-state index < -0.39 is 0 Å². The van der Waals surface area contributed by atoms with Crippen LogP contribution in [0.15, 0.2) is 0 Å². The van der Waals surface area contributed by atoms with E-state index in [2.05, 4.69) is 12.2 Å². The van der Waals surface area contributed by atoms with Crippen LogP contribution in [-0.4, -0.2) is 25.7 Å². The molecular formula is C8H21N3. The first-order valence-corrected chi connectivity index (χ1v) is 4.47. The van der Waals surface area contributed by atoms with Crippen molar-refractivity contribution >= 4 is 0 Å². The Morgan fingerprint density at radius 3 is 2.73 bits per heavy atom. The van der Waals surface area contributed by atoms with Crippen LogP contribution < -0.4 is 16.8 Å². The summed E-state index contributed by atoms with van der Waals surface area (Å²) in [7, 11) is 0. The third kappa shape index (κ3) is 7.78. The Hall–Kier alpha value is -0.120. The van der Waals surface area contributed by atoms with E-state index in [1.165, 1.54) is 12.8 Å². The van der Waals surface area contributed by atoms with Gasteiger partial charge in [0.15, 0.2) is 0 Å². The molecule has 0 saturated heterocycles. The maximum atomic E-state index is 5.80. The number of nitrogens with two attached hydrogens (primary N) is 2. The van der Waals surface area contributed by atoms with E-state index >= 15 is 0 Å². The van der Waals surface area contributed by atoms with E-state index in [0.717, 1.165) is 19.5 Å². The number of hydrogen-bond donors (Lipinski definition) is 3. The first kappa shape index (κ1) is 10.9. The lowest BCUT2D eigenvalue weighted by Crippen LogP contribution is -2.36. The molecule has 5 N–H and O–H groups in total. The molecule has 0 rings (SSSR count). The molecule has 1 atom stereocenters. The number of hydrogen-bond acceptors (Lipinski definition) is 3. The van der Waals surface area contributed by atoms with Crippen molar-refractivity contribution in [3.8, 4) is 0 Å². The monoisotopic (exact) mass is 159 g/mol. The van der Waals surface area contributed by atoms with E-state index in [1.807, 2.05) is 0 Å². The zero-order valence-corrected chi connectivity index (χ0v) is 7.47. The fraction of sp³-hybridized carbons (Fsp3) is 1.00. The van der Waals surface area contributed by atoms with Crippen LogP contribution >= 0.6 is 0 Å². The lowest BCUT2D eigenvalue weighted by molar-refractivity contribution is 0.528. The van der Waals surface area contributed by atoms with E-state index in [0.29, 0.717) is 12.6 Å². The SMILES string of the molecule is CCCCC(N)CNCCN. The van der Waals surface area contributed by atoms with Crippen molar-refractivity contribution in [3.05, 3.63) is 0 Å². The summed E-state index contributed by atoms with van der Waals surface area (Å²) in [6.45, 7) is 4.65. The zero-order chi connectivity index (χ0) is 8.53. The summed E-state index contributed by atoms with van der Waals surface area (Å²) in [5.74, 6) is 0. The first-order valence-electron chi connectivity index (χ1n) is 4.47. The van der Waals surface area contributed by atoms with Crippen molar-refractivity contribution in [2.75, 3.05) is 19.6 Å². The van der Waals surface area contributed by atoms with E-state index in [1.54, 1.807) is 0 Å². The third-order valence-corrected chi connectivity index (χ3v) is 1.66. The van der Waals surface area contributed by atoms with Gasteiger partial charge in [0.05, 0.1) is 0 Å². The van der Waals surface area contributed by atoms with Crippen molar-refractivity contribution in [2.45, 2.75) is 32.2 Å². The maximum absolute atomic E-state index is 5.80. The molecule has 0 aliphatic heterocycles. The molecular weight excluding hydrogens is 138 g/mol. The molecule has 0 aromatic carbocycles. The predicted octanol–water partition coefficient (Wildman–Crippen LogP) is 0.0522. The highest BCUT2D eigenvalue weighted by Crippen LogP contribution is 1.96. The van der Waals surface area contributed by atoms with Gasteiger partial charge in [0.25, 0.3) is 0 Å². The number of unbranched alkanes of at least 4 members (excludes halogenated alkanes) is 1. The Balaban J connectivity index is 3.02. The second kappa shape index (κ2) is 7.98. The number of nitrogens with one attached hydrogen (secondary N) is 1. The molecule has 11 heavy (non-hydrogen) atoms. The lowest BCUT2D eigenvalue weighted by Gasteiger charge is -2.10. The molecule has 68 valence electrons. The zero-order valence-electron chi connectivity index (χ0n) is 7.47. The van der Waals surface area contributed by atoms with Crippen LogP contribution in [0.4, 0.5) is 0 Å². The van der Waals surface area contributed by atoms with Crippen LogP contribution in [0, 0.1) is 0 Å². The van der Waals surface area contributed by atoms with Crippen LogP contribution in [0.1, 0.15) is 26.2 Å². The minimum atomic E-state index is 0.307. The van der Waals surface area contributed by atoms with Gasteiger partial charge in [-0.15, -0.1) is 0 Å². The van der Waals surface area contributed by atoms with Crippen molar-refractivity contribution in [1.29, 1.82) is 0 Å². The molecule has 0 aromatic rings. The van der Waals surface area contributed by atoms with Gasteiger partial charge in [0.2, 0.25) is 0 Å². The highest BCUT2D eigenvalue weighted by atomic mass is 14.9. The molecule has 0 saturated carbocycles. The van der Waals surface area contributed by atoms with Crippen LogP contribution in [-0.2, 0) is 0 Å². The normalized spacial score (nSPS) is 13.4. The van der Waals surface area contributed by atoms with Gasteiger partial charge >= 0.3 is 0 Å². The minimum absolute atomic E-state index is 0.307. The van der Waals surface area contributed by atoms with Crippen molar-refractivity contribution in [2.24, 2.45) is 11.5 Å². The van der Waals surface area contributed by atoms with Crippen LogP contribution in [0.5, 0.6) is 0 Å². The highest BCUT2D eigenvalue weighted by molar-refractivity contribution is 4.63. The largest absolute Gasteiger partial charge is 0.329 e. The Kier molecular flexibility index (Phi) is 7.89. The van der Waals surface area contributed by atoms with Gasteiger partial charge in [0.1, 0.15) is 0 Å². The number of rotatable bonds is 7. The standard InChI is InChI=1S/C8H21N3/c1-2-3-4-8(10)7-11-6-5-9/h8,11H,2-7,9-10H2,1H3. The fourth-order valence-corrected chi connectivity index (χ4v) is 0.958. The van der Waals surface area contributed by atoms with Crippen LogP contribution in [0.2, 0.25) is 0 Å². The Bertz CT molecular complexity index is 75.7. The second-order valence-electron chi connectivity index (χ2n) is 2.90. The summed E-state index contributed by atoms with van der Waals surface area (Å²) >= 11 is 0. The Labute approximate surface area is 69.5 Å². The lowest BCUT2D eigenvalue weighted by atomic mass is 10.1.